The number of nitrogens with zero attached hydrogens (tertiary/aromatic N) is 4. The molecule has 0 saturated carbocycles. The van der Waals surface area contributed by atoms with Crippen molar-refractivity contribution in [3.8, 4) is 0 Å². The van der Waals surface area contributed by atoms with Crippen molar-refractivity contribution in [3.05, 3.63) is 87.6 Å². The van der Waals surface area contributed by atoms with Gasteiger partial charge in [-0.2, -0.15) is 10.1 Å². The Kier molecular flexibility index (Phi) is 5.73. The standard InChI is InChI=1S/C25H26N6O/c1-15-10-18(12-21-13-28-25(27)30-24(21)26)11-19(16(15)2)8-9-23(32)31-17(3)22-7-5-4-6-20(22)14-29-31/h4-11,13-14,17H,12H2,1-3H3,(H4,26,27,28,30)/b9-8+. The van der Waals surface area contributed by atoms with Crippen LogP contribution < -0.4 is 11.5 Å². The zero-order chi connectivity index (χ0) is 22.8. The monoisotopic (exact) mass is 426 g/mol. The van der Waals surface area contributed by atoms with Crippen molar-refractivity contribution in [3.63, 3.8) is 0 Å². The second-order valence-corrected chi connectivity index (χ2v) is 8.01. The van der Waals surface area contributed by atoms with Crippen LogP contribution in [-0.4, -0.2) is 27.1 Å². The molecule has 0 bridgehead atoms. The highest BCUT2D eigenvalue weighted by Gasteiger charge is 2.24. The van der Waals surface area contributed by atoms with Crippen molar-refractivity contribution in [1.82, 2.24) is 15.0 Å². The van der Waals surface area contributed by atoms with E-state index in [1.165, 1.54) is 5.01 Å². The molecule has 1 atom stereocenters. The summed E-state index contributed by atoms with van der Waals surface area (Å²) < 4.78 is 0. The number of aryl methyl sites for hydroxylation is 1. The fourth-order valence-corrected chi connectivity index (χ4v) is 3.88. The molecule has 0 radical (unpaired) electrons. The Labute approximate surface area is 187 Å². The maximum atomic E-state index is 12.9. The molecule has 1 amide bonds. The molecule has 32 heavy (non-hydrogen) atoms. The van der Waals surface area contributed by atoms with Gasteiger partial charge in [0.2, 0.25) is 5.95 Å². The van der Waals surface area contributed by atoms with Crippen LogP contribution in [0.4, 0.5) is 11.8 Å². The number of rotatable bonds is 4. The first kappa shape index (κ1) is 21.2. The molecule has 0 fully saturated rings. The first-order chi connectivity index (χ1) is 15.3. The summed E-state index contributed by atoms with van der Waals surface area (Å²) in [4.78, 5) is 21.0. The van der Waals surface area contributed by atoms with Gasteiger partial charge in [-0.15, -0.1) is 0 Å². The Morgan fingerprint density at radius 3 is 2.75 bits per heavy atom. The average Bonchev–Trinajstić information content (AvgIpc) is 2.77. The van der Waals surface area contributed by atoms with Gasteiger partial charge in [-0.05, 0) is 60.2 Å². The molecule has 0 saturated heterocycles. The number of hydrogen-bond donors (Lipinski definition) is 2. The Balaban J connectivity index is 1.57. The van der Waals surface area contributed by atoms with Gasteiger partial charge in [0.1, 0.15) is 5.82 Å². The topological polar surface area (TPSA) is 110 Å². The fraction of sp³-hybridized carbons (Fsp3) is 0.200. The number of aromatic nitrogens is 2. The summed E-state index contributed by atoms with van der Waals surface area (Å²) in [6, 6.07) is 12.0. The number of carbonyl (C=O) groups excluding carboxylic acids is 1. The lowest BCUT2D eigenvalue weighted by Gasteiger charge is -2.28. The van der Waals surface area contributed by atoms with Crippen LogP contribution in [0.3, 0.4) is 0 Å². The van der Waals surface area contributed by atoms with Crippen LogP contribution in [0.1, 0.15) is 51.9 Å². The molecule has 7 heteroatoms. The highest BCUT2D eigenvalue weighted by Crippen LogP contribution is 2.27. The quantitative estimate of drug-likeness (QED) is 0.617. The van der Waals surface area contributed by atoms with Gasteiger partial charge in [0, 0.05) is 24.3 Å². The molecule has 1 unspecified atom stereocenters. The van der Waals surface area contributed by atoms with E-state index in [1.54, 1.807) is 18.5 Å². The third kappa shape index (κ3) is 4.23. The Morgan fingerprint density at radius 2 is 1.97 bits per heavy atom. The number of benzene rings is 2. The zero-order valence-corrected chi connectivity index (χ0v) is 18.4. The summed E-state index contributed by atoms with van der Waals surface area (Å²) in [7, 11) is 0. The normalized spacial score (nSPS) is 15.2. The zero-order valence-electron chi connectivity index (χ0n) is 18.4. The molecule has 2 aromatic carbocycles. The molecule has 3 aromatic rings. The molecule has 0 aliphatic carbocycles. The molecule has 7 nitrogen and oxygen atoms in total. The highest BCUT2D eigenvalue weighted by atomic mass is 16.2. The van der Waals surface area contributed by atoms with Crippen molar-refractivity contribution >= 4 is 30.0 Å². The minimum atomic E-state index is -0.165. The van der Waals surface area contributed by atoms with Gasteiger partial charge >= 0.3 is 0 Å². The first-order valence-electron chi connectivity index (χ1n) is 10.4. The summed E-state index contributed by atoms with van der Waals surface area (Å²) >= 11 is 0. The van der Waals surface area contributed by atoms with Gasteiger partial charge < -0.3 is 11.5 Å². The fourth-order valence-electron chi connectivity index (χ4n) is 3.88. The van der Waals surface area contributed by atoms with Crippen LogP contribution in [0.15, 0.2) is 53.8 Å². The highest BCUT2D eigenvalue weighted by molar-refractivity contribution is 5.94. The average molecular weight is 427 g/mol. The summed E-state index contributed by atoms with van der Waals surface area (Å²) in [6.07, 6.45) is 7.38. The SMILES string of the molecule is Cc1cc(Cc2cnc(N)nc2N)cc(/C=C/C(=O)N2N=Cc3ccccc3C2C)c1C. The van der Waals surface area contributed by atoms with Crippen molar-refractivity contribution in [2.75, 3.05) is 11.5 Å². The van der Waals surface area contributed by atoms with E-state index in [9.17, 15) is 4.79 Å². The van der Waals surface area contributed by atoms with Crippen LogP contribution in [0, 0.1) is 13.8 Å². The Hall–Kier alpha value is -4.00. The lowest BCUT2D eigenvalue weighted by molar-refractivity contribution is -0.128. The van der Waals surface area contributed by atoms with E-state index >= 15 is 0 Å². The van der Waals surface area contributed by atoms with E-state index in [0.29, 0.717) is 12.2 Å². The number of nitrogens with two attached hydrogens (primary N) is 2. The van der Waals surface area contributed by atoms with Crippen LogP contribution in [-0.2, 0) is 11.2 Å². The van der Waals surface area contributed by atoms with E-state index < -0.39 is 0 Å². The van der Waals surface area contributed by atoms with E-state index in [1.807, 2.05) is 44.2 Å². The summed E-state index contributed by atoms with van der Waals surface area (Å²) in [6.45, 7) is 6.08. The molecule has 1 aliphatic rings. The summed E-state index contributed by atoms with van der Waals surface area (Å²) in [5, 5.41) is 5.87. The number of fused-ring (bicyclic) bond motifs is 1. The van der Waals surface area contributed by atoms with Crippen LogP contribution in [0.25, 0.3) is 6.08 Å². The predicted octanol–water partition coefficient (Wildman–Crippen LogP) is 3.80. The maximum absolute atomic E-state index is 12.9. The second kappa shape index (κ2) is 8.63. The van der Waals surface area contributed by atoms with Gasteiger partial charge in [-0.1, -0.05) is 36.4 Å². The third-order valence-corrected chi connectivity index (χ3v) is 5.84. The maximum Gasteiger partial charge on any atom is 0.267 e. The van der Waals surface area contributed by atoms with E-state index in [0.717, 1.165) is 38.9 Å². The van der Waals surface area contributed by atoms with Crippen molar-refractivity contribution in [1.29, 1.82) is 0 Å². The lowest BCUT2D eigenvalue weighted by atomic mass is 9.96. The van der Waals surface area contributed by atoms with Gasteiger partial charge in [0.05, 0.1) is 12.3 Å². The molecular weight excluding hydrogens is 400 g/mol. The number of carbonyl (C=O) groups is 1. The smallest absolute Gasteiger partial charge is 0.267 e. The van der Waals surface area contributed by atoms with Gasteiger partial charge in [-0.3, -0.25) is 4.79 Å². The van der Waals surface area contributed by atoms with Crippen LogP contribution in [0.5, 0.6) is 0 Å². The van der Waals surface area contributed by atoms with Crippen LogP contribution >= 0.6 is 0 Å². The van der Waals surface area contributed by atoms with E-state index in [4.69, 9.17) is 11.5 Å². The summed E-state index contributed by atoms with van der Waals surface area (Å²) in [5.41, 5.74) is 18.8. The summed E-state index contributed by atoms with van der Waals surface area (Å²) in [5.74, 6) is 0.368. The lowest BCUT2D eigenvalue weighted by Crippen LogP contribution is -2.30. The first-order valence-corrected chi connectivity index (χ1v) is 10.4. The number of nitrogen functional groups attached to an aromatic ring is 2. The van der Waals surface area contributed by atoms with Crippen LogP contribution in [0.2, 0.25) is 0 Å². The van der Waals surface area contributed by atoms with Gasteiger partial charge in [-0.25, -0.2) is 9.99 Å². The van der Waals surface area contributed by atoms with Gasteiger partial charge in [0.25, 0.3) is 5.91 Å². The molecular formula is C25H26N6O. The third-order valence-electron chi connectivity index (χ3n) is 5.84. The molecule has 2 heterocycles. The minimum Gasteiger partial charge on any atom is -0.383 e. The predicted molar refractivity (Wildman–Crippen MR) is 128 cm³/mol. The molecule has 4 N–H and O–H groups in total. The minimum absolute atomic E-state index is 0.129. The van der Waals surface area contributed by atoms with E-state index in [-0.39, 0.29) is 17.9 Å². The van der Waals surface area contributed by atoms with Crippen molar-refractivity contribution in [2.45, 2.75) is 33.2 Å². The molecule has 1 aliphatic heterocycles. The Morgan fingerprint density at radius 1 is 1.19 bits per heavy atom. The molecule has 0 spiro atoms. The number of amides is 1. The van der Waals surface area contributed by atoms with E-state index in [2.05, 4.69) is 34.1 Å². The number of hydrazone groups is 1. The molecule has 162 valence electrons. The van der Waals surface area contributed by atoms with Crippen molar-refractivity contribution in [2.24, 2.45) is 5.10 Å². The number of anilines is 2. The molecule has 1 aromatic heterocycles. The number of hydrogen-bond acceptors (Lipinski definition) is 6. The largest absolute Gasteiger partial charge is 0.383 e. The molecule has 4 rings (SSSR count). The van der Waals surface area contributed by atoms with Crippen molar-refractivity contribution < 1.29 is 4.79 Å². The Bertz CT molecular complexity index is 1250. The van der Waals surface area contributed by atoms with Gasteiger partial charge in [0.15, 0.2) is 0 Å². The second-order valence-electron chi connectivity index (χ2n) is 8.01.